The minimum atomic E-state index is 0.695. The molecule has 0 bridgehead atoms. The minimum Gasteiger partial charge on any atom is -0.355 e. The number of para-hydroxylation sites is 1. The number of fused-ring (bicyclic) bond motifs is 1. The van der Waals surface area contributed by atoms with Crippen molar-refractivity contribution < 1.29 is 0 Å². The minimum absolute atomic E-state index is 0.695. The number of rotatable bonds is 2. The zero-order valence-electron chi connectivity index (χ0n) is 15.2. The van der Waals surface area contributed by atoms with E-state index in [1.807, 2.05) is 0 Å². The van der Waals surface area contributed by atoms with Gasteiger partial charge in [-0.05, 0) is 37.3 Å². The van der Waals surface area contributed by atoms with Crippen molar-refractivity contribution in [1.29, 1.82) is 0 Å². The molecule has 0 radical (unpaired) electrons. The Morgan fingerprint density at radius 3 is 2.28 bits per heavy atom. The first-order valence-electron chi connectivity index (χ1n) is 9.19. The van der Waals surface area contributed by atoms with Crippen molar-refractivity contribution in [2.24, 2.45) is 11.8 Å². The van der Waals surface area contributed by atoms with Gasteiger partial charge in [-0.3, -0.25) is 0 Å². The van der Waals surface area contributed by atoms with Gasteiger partial charge in [0.05, 0.1) is 5.52 Å². The van der Waals surface area contributed by atoms with Gasteiger partial charge in [0, 0.05) is 24.0 Å². The molecule has 1 aliphatic heterocycles. The molecule has 2 aromatic carbocycles. The third-order valence-corrected chi connectivity index (χ3v) is 5.06. The number of aromatic nitrogens is 2. The summed E-state index contributed by atoms with van der Waals surface area (Å²) in [4.78, 5) is 12.3. The molecule has 0 unspecified atom stereocenters. The lowest BCUT2D eigenvalue weighted by Gasteiger charge is -2.36. The molecule has 128 valence electrons. The smallest absolute Gasteiger partial charge is 0.162 e. The van der Waals surface area contributed by atoms with Crippen molar-refractivity contribution in [1.82, 2.24) is 9.97 Å². The molecular formula is C22H25N3. The number of benzene rings is 2. The first kappa shape index (κ1) is 16.1. The molecule has 1 aliphatic rings. The largest absolute Gasteiger partial charge is 0.355 e. The Morgan fingerprint density at radius 1 is 0.880 bits per heavy atom. The van der Waals surface area contributed by atoms with Crippen LogP contribution in [0.25, 0.3) is 22.3 Å². The van der Waals surface area contributed by atoms with E-state index in [4.69, 9.17) is 9.97 Å². The number of anilines is 1. The average molecular weight is 331 g/mol. The van der Waals surface area contributed by atoms with E-state index >= 15 is 0 Å². The van der Waals surface area contributed by atoms with Gasteiger partial charge in [0.15, 0.2) is 5.82 Å². The fourth-order valence-corrected chi connectivity index (χ4v) is 3.97. The standard InChI is InChI=1S/C22H25N3/c1-15-8-10-18(11-9-15)21-23-20-7-5-4-6-19(20)22(24-21)25-13-16(2)12-17(3)14-25/h4-11,16-17H,12-14H2,1-3H3/t16-,17-/m1/s1. The van der Waals surface area contributed by atoms with Crippen LogP contribution in [-0.2, 0) is 0 Å². The molecule has 3 heteroatoms. The third kappa shape index (κ3) is 3.23. The third-order valence-electron chi connectivity index (χ3n) is 5.06. The van der Waals surface area contributed by atoms with Gasteiger partial charge in [0.25, 0.3) is 0 Å². The van der Waals surface area contributed by atoms with Gasteiger partial charge >= 0.3 is 0 Å². The second kappa shape index (κ2) is 6.47. The maximum Gasteiger partial charge on any atom is 0.162 e. The van der Waals surface area contributed by atoms with Gasteiger partial charge in [-0.15, -0.1) is 0 Å². The Morgan fingerprint density at radius 2 is 1.56 bits per heavy atom. The van der Waals surface area contributed by atoms with E-state index in [2.05, 4.69) is 74.2 Å². The van der Waals surface area contributed by atoms with Crippen LogP contribution in [0.15, 0.2) is 48.5 Å². The molecule has 1 saturated heterocycles. The summed E-state index contributed by atoms with van der Waals surface area (Å²) in [6.07, 6.45) is 1.30. The van der Waals surface area contributed by atoms with Crippen LogP contribution < -0.4 is 4.90 Å². The molecule has 0 saturated carbocycles. The monoisotopic (exact) mass is 331 g/mol. The highest BCUT2D eigenvalue weighted by Crippen LogP contribution is 2.31. The molecule has 0 spiro atoms. The fourth-order valence-electron chi connectivity index (χ4n) is 3.97. The van der Waals surface area contributed by atoms with Crippen LogP contribution in [0.2, 0.25) is 0 Å². The molecule has 4 rings (SSSR count). The summed E-state index contributed by atoms with van der Waals surface area (Å²) >= 11 is 0. The van der Waals surface area contributed by atoms with Crippen LogP contribution in [0.4, 0.5) is 5.82 Å². The van der Waals surface area contributed by atoms with Crippen molar-refractivity contribution in [3.8, 4) is 11.4 Å². The lowest BCUT2D eigenvalue weighted by atomic mass is 9.92. The zero-order valence-corrected chi connectivity index (χ0v) is 15.2. The Bertz CT molecular complexity index is 875. The van der Waals surface area contributed by atoms with Gasteiger partial charge in [-0.1, -0.05) is 55.8 Å². The quantitative estimate of drug-likeness (QED) is 0.655. The zero-order chi connectivity index (χ0) is 17.4. The molecule has 0 N–H and O–H groups in total. The molecule has 2 heterocycles. The molecular weight excluding hydrogens is 306 g/mol. The molecule has 3 nitrogen and oxygen atoms in total. The number of piperidine rings is 1. The topological polar surface area (TPSA) is 29.0 Å². The summed E-state index contributed by atoms with van der Waals surface area (Å²) in [5.41, 5.74) is 3.35. The summed E-state index contributed by atoms with van der Waals surface area (Å²) in [6, 6.07) is 16.9. The molecule has 2 atom stereocenters. The highest BCUT2D eigenvalue weighted by atomic mass is 15.2. The lowest BCUT2D eigenvalue weighted by molar-refractivity contribution is 0.356. The maximum atomic E-state index is 5.01. The summed E-state index contributed by atoms with van der Waals surface area (Å²) in [5, 5.41) is 1.15. The molecule has 25 heavy (non-hydrogen) atoms. The van der Waals surface area contributed by atoms with E-state index in [0.717, 1.165) is 41.2 Å². The van der Waals surface area contributed by atoms with E-state index in [9.17, 15) is 0 Å². The van der Waals surface area contributed by atoms with Gasteiger partial charge in [0.1, 0.15) is 5.82 Å². The Balaban J connectivity index is 1.85. The van der Waals surface area contributed by atoms with Crippen LogP contribution in [0.1, 0.15) is 25.8 Å². The van der Waals surface area contributed by atoms with Crippen LogP contribution in [0.5, 0.6) is 0 Å². The van der Waals surface area contributed by atoms with Crippen molar-refractivity contribution >= 4 is 16.7 Å². The van der Waals surface area contributed by atoms with Crippen molar-refractivity contribution in [2.45, 2.75) is 27.2 Å². The van der Waals surface area contributed by atoms with Crippen LogP contribution in [0, 0.1) is 18.8 Å². The second-order valence-corrected chi connectivity index (χ2v) is 7.61. The second-order valence-electron chi connectivity index (χ2n) is 7.61. The predicted octanol–water partition coefficient (Wildman–Crippen LogP) is 5.09. The Kier molecular flexibility index (Phi) is 4.16. The number of aryl methyl sites for hydroxylation is 1. The molecule has 3 aromatic rings. The van der Waals surface area contributed by atoms with Gasteiger partial charge in [-0.2, -0.15) is 0 Å². The SMILES string of the molecule is Cc1ccc(-c2nc(N3C[C@H](C)C[C@@H](C)C3)c3ccccc3n2)cc1. The molecule has 0 amide bonds. The fraction of sp³-hybridized carbons (Fsp3) is 0.364. The van der Waals surface area contributed by atoms with Gasteiger partial charge in [0.2, 0.25) is 0 Å². The summed E-state index contributed by atoms with van der Waals surface area (Å²) in [7, 11) is 0. The van der Waals surface area contributed by atoms with Crippen molar-refractivity contribution in [3.63, 3.8) is 0 Å². The predicted molar refractivity (Wildman–Crippen MR) is 105 cm³/mol. The summed E-state index contributed by atoms with van der Waals surface area (Å²) in [5.74, 6) is 3.29. The van der Waals surface area contributed by atoms with Crippen LogP contribution in [0.3, 0.4) is 0 Å². The summed E-state index contributed by atoms with van der Waals surface area (Å²) in [6.45, 7) is 8.92. The molecule has 0 aliphatic carbocycles. The van der Waals surface area contributed by atoms with E-state index < -0.39 is 0 Å². The van der Waals surface area contributed by atoms with E-state index in [0.29, 0.717) is 11.8 Å². The average Bonchev–Trinajstić information content (AvgIpc) is 2.60. The first-order chi connectivity index (χ1) is 12.1. The highest BCUT2D eigenvalue weighted by Gasteiger charge is 2.24. The molecule has 1 aromatic heterocycles. The van der Waals surface area contributed by atoms with E-state index in [-0.39, 0.29) is 0 Å². The highest BCUT2D eigenvalue weighted by molar-refractivity contribution is 5.91. The Hall–Kier alpha value is -2.42. The maximum absolute atomic E-state index is 5.01. The number of nitrogens with zero attached hydrogens (tertiary/aromatic N) is 3. The number of hydrogen-bond donors (Lipinski definition) is 0. The number of hydrogen-bond acceptors (Lipinski definition) is 3. The van der Waals surface area contributed by atoms with E-state index in [1.165, 1.54) is 12.0 Å². The van der Waals surface area contributed by atoms with Crippen LogP contribution in [-0.4, -0.2) is 23.1 Å². The van der Waals surface area contributed by atoms with Crippen molar-refractivity contribution in [2.75, 3.05) is 18.0 Å². The van der Waals surface area contributed by atoms with E-state index in [1.54, 1.807) is 0 Å². The first-order valence-corrected chi connectivity index (χ1v) is 9.19. The molecule has 1 fully saturated rings. The normalized spacial score (nSPS) is 20.8. The van der Waals surface area contributed by atoms with Crippen LogP contribution >= 0.6 is 0 Å². The Labute approximate surface area is 149 Å². The lowest BCUT2D eigenvalue weighted by Crippen LogP contribution is -2.39. The van der Waals surface area contributed by atoms with Crippen molar-refractivity contribution in [3.05, 3.63) is 54.1 Å². The van der Waals surface area contributed by atoms with Gasteiger partial charge < -0.3 is 4.90 Å². The van der Waals surface area contributed by atoms with Gasteiger partial charge in [-0.25, -0.2) is 9.97 Å². The summed E-state index contributed by atoms with van der Waals surface area (Å²) < 4.78 is 0.